The van der Waals surface area contributed by atoms with Crippen LogP contribution in [0.1, 0.15) is 16.7 Å². The molecule has 0 amide bonds. The minimum Gasteiger partial charge on any atom is -0.399 e. The summed E-state index contributed by atoms with van der Waals surface area (Å²) < 4.78 is 0. The van der Waals surface area contributed by atoms with Gasteiger partial charge in [-0.05, 0) is 71.2 Å². The largest absolute Gasteiger partial charge is 0.399 e. The number of nitrogens with zero attached hydrogens (tertiary/aromatic N) is 2. The molecule has 0 saturated heterocycles. The van der Waals surface area contributed by atoms with E-state index in [9.17, 15) is 0 Å². The fourth-order valence-corrected chi connectivity index (χ4v) is 3.44. The Hall–Kier alpha value is -2.78. The molecular formula is C23H24ClN3. The van der Waals surface area contributed by atoms with Gasteiger partial charge in [-0.15, -0.1) is 0 Å². The Morgan fingerprint density at radius 3 is 2.30 bits per heavy atom. The third-order valence-electron chi connectivity index (χ3n) is 4.67. The molecule has 0 radical (unpaired) electrons. The van der Waals surface area contributed by atoms with E-state index in [0.29, 0.717) is 5.03 Å². The molecule has 2 aromatic carbocycles. The number of rotatable bonds is 3. The molecule has 0 aliphatic heterocycles. The lowest BCUT2D eigenvalue weighted by Crippen LogP contribution is -2.09. The van der Waals surface area contributed by atoms with Gasteiger partial charge in [0.2, 0.25) is 0 Å². The lowest BCUT2D eigenvalue weighted by molar-refractivity contribution is 1.13. The van der Waals surface area contributed by atoms with Gasteiger partial charge in [0.15, 0.2) is 0 Å². The maximum Gasteiger partial charge on any atom is 0.0757 e. The Morgan fingerprint density at radius 1 is 1.04 bits per heavy atom. The standard InChI is InChI=1S/C23H24ClN3/c1-15-13-19(27(3)4)10-11-20(15)23(16-5-8-18(25)9-6-16)17-7-12-22(26-2)21(24)14-17/h5-14H,25H2,1-4H3. The summed E-state index contributed by atoms with van der Waals surface area (Å²) in [5.41, 5.74) is 14.3. The molecule has 4 heteroatoms. The molecule has 1 aliphatic rings. The number of anilines is 2. The highest BCUT2D eigenvalue weighted by Crippen LogP contribution is 2.34. The van der Waals surface area contributed by atoms with Crippen LogP contribution in [-0.2, 0) is 0 Å². The number of aryl methyl sites for hydroxylation is 1. The van der Waals surface area contributed by atoms with Gasteiger partial charge in [0, 0.05) is 32.5 Å². The minimum atomic E-state index is 0.644. The van der Waals surface area contributed by atoms with Crippen molar-refractivity contribution in [3.63, 3.8) is 0 Å². The maximum absolute atomic E-state index is 6.45. The molecule has 2 aromatic rings. The molecule has 0 bridgehead atoms. The maximum atomic E-state index is 6.45. The monoisotopic (exact) mass is 377 g/mol. The average molecular weight is 378 g/mol. The van der Waals surface area contributed by atoms with Crippen LogP contribution in [0, 0.1) is 6.92 Å². The quantitative estimate of drug-likeness (QED) is 0.746. The zero-order valence-electron chi connectivity index (χ0n) is 16.1. The Labute approximate surface area is 166 Å². The van der Waals surface area contributed by atoms with Crippen molar-refractivity contribution in [1.82, 2.24) is 0 Å². The van der Waals surface area contributed by atoms with Gasteiger partial charge in [0.1, 0.15) is 0 Å². The molecule has 27 heavy (non-hydrogen) atoms. The van der Waals surface area contributed by atoms with E-state index in [1.165, 1.54) is 16.8 Å². The minimum absolute atomic E-state index is 0.644. The van der Waals surface area contributed by atoms with Crippen molar-refractivity contribution in [2.24, 2.45) is 4.99 Å². The van der Waals surface area contributed by atoms with Crippen LogP contribution in [0.5, 0.6) is 0 Å². The summed E-state index contributed by atoms with van der Waals surface area (Å²) in [6.45, 7) is 2.14. The van der Waals surface area contributed by atoms with Crippen LogP contribution < -0.4 is 10.6 Å². The highest BCUT2D eigenvalue weighted by molar-refractivity contribution is 6.46. The highest BCUT2D eigenvalue weighted by atomic mass is 35.5. The summed E-state index contributed by atoms with van der Waals surface area (Å²) in [6, 6.07) is 14.5. The highest BCUT2D eigenvalue weighted by Gasteiger charge is 2.16. The fourth-order valence-electron chi connectivity index (χ4n) is 3.18. The van der Waals surface area contributed by atoms with Crippen molar-refractivity contribution in [2.45, 2.75) is 6.92 Å². The number of benzene rings is 2. The third kappa shape index (κ3) is 3.99. The summed E-state index contributed by atoms with van der Waals surface area (Å²) in [6.07, 6.45) is 6.01. The summed E-state index contributed by atoms with van der Waals surface area (Å²) in [7, 11) is 5.84. The van der Waals surface area contributed by atoms with Crippen molar-refractivity contribution >= 4 is 34.3 Å². The first kappa shape index (κ1) is 19.0. The van der Waals surface area contributed by atoms with Gasteiger partial charge in [-0.1, -0.05) is 35.9 Å². The first-order valence-electron chi connectivity index (χ1n) is 8.81. The number of hydrogen-bond donors (Lipinski definition) is 1. The van der Waals surface area contributed by atoms with Crippen LogP contribution in [0.2, 0.25) is 0 Å². The van der Waals surface area contributed by atoms with Gasteiger partial charge >= 0.3 is 0 Å². The zero-order valence-corrected chi connectivity index (χ0v) is 16.9. The fraction of sp³-hybridized carbons (Fsp3) is 0.174. The lowest BCUT2D eigenvalue weighted by Gasteiger charge is -2.19. The van der Waals surface area contributed by atoms with Crippen molar-refractivity contribution in [1.29, 1.82) is 0 Å². The van der Waals surface area contributed by atoms with Crippen molar-refractivity contribution in [3.8, 4) is 0 Å². The average Bonchev–Trinajstić information content (AvgIpc) is 2.64. The van der Waals surface area contributed by atoms with Crippen molar-refractivity contribution in [3.05, 3.63) is 88.0 Å². The first-order chi connectivity index (χ1) is 12.9. The second-order valence-electron chi connectivity index (χ2n) is 6.78. The molecule has 1 aliphatic carbocycles. The van der Waals surface area contributed by atoms with Crippen LogP contribution >= 0.6 is 11.6 Å². The van der Waals surface area contributed by atoms with Gasteiger partial charge in [-0.2, -0.15) is 0 Å². The van der Waals surface area contributed by atoms with Gasteiger partial charge in [-0.25, -0.2) is 0 Å². The number of halogens is 1. The van der Waals surface area contributed by atoms with Crippen LogP contribution in [0.15, 0.2) is 76.3 Å². The molecule has 2 N–H and O–H groups in total. The Balaban J connectivity index is 2.24. The molecule has 3 rings (SSSR count). The van der Waals surface area contributed by atoms with E-state index in [-0.39, 0.29) is 0 Å². The predicted molar refractivity (Wildman–Crippen MR) is 119 cm³/mol. The number of nitrogen functional groups attached to an aromatic ring is 1. The number of nitrogens with two attached hydrogens (primary N) is 1. The van der Waals surface area contributed by atoms with E-state index < -0.39 is 0 Å². The van der Waals surface area contributed by atoms with Crippen molar-refractivity contribution < 1.29 is 0 Å². The zero-order chi connectivity index (χ0) is 19.6. The van der Waals surface area contributed by atoms with E-state index in [0.717, 1.165) is 28.1 Å². The second-order valence-corrected chi connectivity index (χ2v) is 7.19. The van der Waals surface area contributed by atoms with E-state index in [4.69, 9.17) is 17.3 Å². The van der Waals surface area contributed by atoms with E-state index in [1.54, 1.807) is 7.05 Å². The summed E-state index contributed by atoms with van der Waals surface area (Å²) in [5.74, 6) is 0. The number of aliphatic imine (C=N–C) groups is 1. The number of hydrogen-bond acceptors (Lipinski definition) is 3. The molecular weight excluding hydrogens is 354 g/mol. The molecule has 138 valence electrons. The normalized spacial score (nSPS) is 17.1. The molecule has 0 spiro atoms. The van der Waals surface area contributed by atoms with Gasteiger partial charge < -0.3 is 10.6 Å². The molecule has 3 nitrogen and oxygen atoms in total. The molecule has 0 heterocycles. The van der Waals surface area contributed by atoms with Crippen LogP contribution in [0.3, 0.4) is 0 Å². The Bertz CT molecular complexity index is 977. The van der Waals surface area contributed by atoms with Crippen molar-refractivity contribution in [2.75, 3.05) is 31.8 Å². The molecule has 0 saturated carbocycles. The predicted octanol–water partition coefficient (Wildman–Crippen LogP) is 5.21. The Kier molecular flexibility index (Phi) is 5.52. The smallest absolute Gasteiger partial charge is 0.0757 e. The third-order valence-corrected chi connectivity index (χ3v) is 4.98. The molecule has 0 unspecified atom stereocenters. The molecule has 0 fully saturated rings. The molecule has 0 aromatic heterocycles. The van der Waals surface area contributed by atoms with E-state index in [2.05, 4.69) is 53.2 Å². The van der Waals surface area contributed by atoms with E-state index in [1.807, 2.05) is 38.4 Å². The first-order valence-corrected chi connectivity index (χ1v) is 9.19. The van der Waals surface area contributed by atoms with E-state index >= 15 is 0 Å². The van der Waals surface area contributed by atoms with Gasteiger partial charge in [0.05, 0.1) is 10.7 Å². The van der Waals surface area contributed by atoms with Gasteiger partial charge in [-0.3, -0.25) is 4.99 Å². The number of allylic oxidation sites excluding steroid dienone is 5. The van der Waals surface area contributed by atoms with Gasteiger partial charge in [0.25, 0.3) is 0 Å². The topological polar surface area (TPSA) is 41.6 Å². The summed E-state index contributed by atoms with van der Waals surface area (Å²) in [4.78, 5) is 6.32. The summed E-state index contributed by atoms with van der Waals surface area (Å²) in [5, 5.41) is 0.644. The van der Waals surface area contributed by atoms with Crippen LogP contribution in [0.25, 0.3) is 5.57 Å². The van der Waals surface area contributed by atoms with Crippen LogP contribution in [-0.4, -0.2) is 26.9 Å². The lowest BCUT2D eigenvalue weighted by atomic mass is 9.88. The second kappa shape index (κ2) is 7.85. The molecule has 0 atom stereocenters. The van der Waals surface area contributed by atoms with Crippen LogP contribution in [0.4, 0.5) is 11.4 Å². The Morgan fingerprint density at radius 2 is 1.74 bits per heavy atom. The summed E-state index contributed by atoms with van der Waals surface area (Å²) >= 11 is 6.45. The SMILES string of the molecule is CN=C1C=CC(=C(c2ccc(N)cc2)c2ccc(N(C)C)cc2C)C=C1Cl.